The minimum absolute atomic E-state index is 0.00836. The second-order valence-electron chi connectivity index (χ2n) is 11.3. The number of nitrogens with zero attached hydrogens (tertiary/aromatic N) is 2. The van der Waals surface area contributed by atoms with E-state index in [1.807, 2.05) is 13.8 Å². The second kappa shape index (κ2) is 12.1. The second-order valence-corrected chi connectivity index (χ2v) is 11.3. The number of nitrogens with one attached hydrogen (secondary N) is 3. The number of hydrogen-bond donors (Lipinski definition) is 4. The van der Waals surface area contributed by atoms with Gasteiger partial charge in [-0.25, -0.2) is 4.39 Å². The van der Waals surface area contributed by atoms with E-state index < -0.39 is 53.6 Å². The van der Waals surface area contributed by atoms with E-state index in [4.69, 9.17) is 5.73 Å². The zero-order valence-corrected chi connectivity index (χ0v) is 23.4. The van der Waals surface area contributed by atoms with Crippen molar-refractivity contribution in [3.05, 3.63) is 47.5 Å². The van der Waals surface area contributed by atoms with Crippen LogP contribution in [0.2, 0.25) is 0 Å². The van der Waals surface area contributed by atoms with Crippen molar-refractivity contribution in [3.8, 4) is 0 Å². The number of halogens is 4. The van der Waals surface area contributed by atoms with Crippen LogP contribution in [0.5, 0.6) is 0 Å². The van der Waals surface area contributed by atoms with Crippen molar-refractivity contribution >= 4 is 29.3 Å². The average Bonchev–Trinajstić information content (AvgIpc) is 3.85. The molecule has 4 rings (SSSR count). The molecule has 1 unspecified atom stereocenters. The Kier molecular flexibility index (Phi) is 8.92. The Bertz CT molecular complexity index is 1340. The van der Waals surface area contributed by atoms with Crippen LogP contribution in [-0.2, 0) is 14.4 Å². The van der Waals surface area contributed by atoms with E-state index in [1.165, 1.54) is 25.3 Å². The first kappa shape index (κ1) is 31.0. The van der Waals surface area contributed by atoms with Crippen molar-refractivity contribution in [2.24, 2.45) is 23.5 Å². The summed E-state index contributed by atoms with van der Waals surface area (Å²) >= 11 is 0. The zero-order valence-electron chi connectivity index (χ0n) is 23.4. The van der Waals surface area contributed by atoms with Gasteiger partial charge in [-0.15, -0.1) is 0 Å². The molecule has 0 spiro atoms. The van der Waals surface area contributed by atoms with Crippen LogP contribution in [0.3, 0.4) is 0 Å². The SMILES string of the molecule is CC(C)n1nccc1C(=O)N[C@H](C(=O)Nc1ccc([C@H](C)C(=O)NC(C(N)=O)C(F)(F)F)cc1F)C(C1CC1)C1CC1. The third kappa shape index (κ3) is 7.08. The molecule has 2 fully saturated rings. The van der Waals surface area contributed by atoms with Gasteiger partial charge in [0.05, 0.1) is 11.6 Å². The highest BCUT2D eigenvalue weighted by atomic mass is 19.4. The molecule has 3 atom stereocenters. The molecule has 0 saturated heterocycles. The number of nitrogens with two attached hydrogens (primary N) is 1. The summed E-state index contributed by atoms with van der Waals surface area (Å²) < 4.78 is 55.8. The summed E-state index contributed by atoms with van der Waals surface area (Å²) in [7, 11) is 0. The highest BCUT2D eigenvalue weighted by molar-refractivity contribution is 6.01. The molecule has 2 aromatic rings. The summed E-state index contributed by atoms with van der Waals surface area (Å²) in [6, 6.07) is 1.02. The number of carbonyl (C=O) groups excluding carboxylic acids is 4. The van der Waals surface area contributed by atoms with Crippen LogP contribution >= 0.6 is 0 Å². The number of rotatable bonds is 12. The predicted molar refractivity (Wildman–Crippen MR) is 143 cm³/mol. The van der Waals surface area contributed by atoms with Crippen molar-refractivity contribution in [2.45, 2.75) is 76.7 Å². The maximum absolute atomic E-state index is 15.1. The summed E-state index contributed by atoms with van der Waals surface area (Å²) in [5, 5.41) is 11.1. The standard InChI is InChI=1S/C28H34F4N6O4/c1-13(2)38-20(10-11-34-38)26(41)36-22(21(15-4-5-15)16-6-7-16)27(42)35-19-9-8-17(12-18(19)29)14(3)25(40)37-23(24(33)39)28(30,31)32/h8-16,21-23H,4-7H2,1-3H3,(H2,33,39)(H,35,42)(H,36,41)(H,37,40)/t14-,22-,23?/m0/s1. The molecule has 2 aliphatic carbocycles. The molecule has 1 aromatic carbocycles. The van der Waals surface area contributed by atoms with Gasteiger partial charge in [0, 0.05) is 12.2 Å². The van der Waals surface area contributed by atoms with Crippen LogP contribution in [0, 0.1) is 23.6 Å². The van der Waals surface area contributed by atoms with Crippen LogP contribution in [0.4, 0.5) is 23.2 Å². The first-order chi connectivity index (χ1) is 19.7. The Morgan fingerprint density at radius 3 is 2.10 bits per heavy atom. The number of carbonyl (C=O) groups is 4. The van der Waals surface area contributed by atoms with Crippen LogP contribution in [0.15, 0.2) is 30.5 Å². The van der Waals surface area contributed by atoms with Gasteiger partial charge >= 0.3 is 6.18 Å². The fourth-order valence-electron chi connectivity index (χ4n) is 5.19. The van der Waals surface area contributed by atoms with Crippen LogP contribution in [0.1, 0.15) is 74.5 Å². The van der Waals surface area contributed by atoms with E-state index in [-0.39, 0.29) is 35.0 Å². The Labute approximate surface area is 239 Å². The number of anilines is 1. The number of primary amides is 1. The lowest BCUT2D eigenvalue weighted by Gasteiger charge is -2.28. The lowest BCUT2D eigenvalue weighted by atomic mass is 9.88. The lowest BCUT2D eigenvalue weighted by molar-refractivity contribution is -0.170. The summed E-state index contributed by atoms with van der Waals surface area (Å²) in [5.74, 6) is -5.85. The van der Waals surface area contributed by atoms with Gasteiger partial charge in [0.15, 0.2) is 0 Å². The third-order valence-electron chi connectivity index (χ3n) is 7.72. The van der Waals surface area contributed by atoms with E-state index >= 15 is 4.39 Å². The van der Waals surface area contributed by atoms with Crippen LogP contribution < -0.4 is 21.7 Å². The normalized spacial score (nSPS) is 17.5. The molecule has 2 aliphatic rings. The molecule has 4 amide bonds. The maximum Gasteiger partial charge on any atom is 0.417 e. The summed E-state index contributed by atoms with van der Waals surface area (Å²) in [4.78, 5) is 50.4. The highest BCUT2D eigenvalue weighted by Crippen LogP contribution is 2.51. The first-order valence-electron chi connectivity index (χ1n) is 13.8. The lowest BCUT2D eigenvalue weighted by Crippen LogP contribution is -2.54. The van der Waals surface area contributed by atoms with Gasteiger partial charge in [-0.2, -0.15) is 18.3 Å². The average molecular weight is 595 g/mol. The highest BCUT2D eigenvalue weighted by Gasteiger charge is 2.49. The largest absolute Gasteiger partial charge is 0.417 e. The molecule has 5 N–H and O–H groups in total. The Balaban J connectivity index is 1.51. The van der Waals surface area contributed by atoms with E-state index in [1.54, 1.807) is 16.1 Å². The number of aromatic nitrogens is 2. The van der Waals surface area contributed by atoms with Gasteiger partial charge in [0.2, 0.25) is 23.8 Å². The maximum atomic E-state index is 15.1. The van der Waals surface area contributed by atoms with Gasteiger partial charge in [0.25, 0.3) is 5.91 Å². The molecular weight excluding hydrogens is 560 g/mol. The van der Waals surface area contributed by atoms with Crippen molar-refractivity contribution < 1.29 is 36.7 Å². The molecule has 1 heterocycles. The molecule has 228 valence electrons. The smallest absolute Gasteiger partial charge is 0.368 e. The molecule has 0 bridgehead atoms. The quantitative estimate of drug-likeness (QED) is 0.278. The fourth-order valence-corrected chi connectivity index (χ4v) is 5.19. The van der Waals surface area contributed by atoms with E-state index in [0.717, 1.165) is 31.7 Å². The molecule has 1 aromatic heterocycles. The Hall–Kier alpha value is -3.97. The van der Waals surface area contributed by atoms with E-state index in [2.05, 4.69) is 15.7 Å². The summed E-state index contributed by atoms with van der Waals surface area (Å²) in [6.07, 6.45) is 0.118. The molecule has 0 aliphatic heterocycles. The van der Waals surface area contributed by atoms with Crippen LogP contribution in [0.25, 0.3) is 0 Å². The van der Waals surface area contributed by atoms with Crippen molar-refractivity contribution in [2.75, 3.05) is 5.32 Å². The molecule has 42 heavy (non-hydrogen) atoms. The van der Waals surface area contributed by atoms with E-state index in [0.29, 0.717) is 5.69 Å². The van der Waals surface area contributed by atoms with Gasteiger partial charge in [-0.1, -0.05) is 6.07 Å². The zero-order chi connectivity index (χ0) is 30.9. The minimum Gasteiger partial charge on any atom is -0.368 e. The predicted octanol–water partition coefficient (Wildman–Crippen LogP) is 3.41. The van der Waals surface area contributed by atoms with Gasteiger partial charge in [0.1, 0.15) is 17.6 Å². The van der Waals surface area contributed by atoms with Gasteiger partial charge in [-0.05, 0) is 88.0 Å². The molecular formula is C28H34F4N6O4. The number of hydrogen-bond acceptors (Lipinski definition) is 5. The Morgan fingerprint density at radius 2 is 1.60 bits per heavy atom. The van der Waals surface area contributed by atoms with Crippen molar-refractivity contribution in [1.82, 2.24) is 20.4 Å². The number of alkyl halides is 3. The minimum atomic E-state index is -5.10. The molecule has 14 heteroatoms. The van der Waals surface area contributed by atoms with Gasteiger partial charge < -0.3 is 21.7 Å². The third-order valence-corrected chi connectivity index (χ3v) is 7.72. The monoisotopic (exact) mass is 594 g/mol. The van der Waals surface area contributed by atoms with Crippen molar-refractivity contribution in [3.63, 3.8) is 0 Å². The fraction of sp³-hybridized carbons (Fsp3) is 0.536. The van der Waals surface area contributed by atoms with Gasteiger partial charge in [-0.3, -0.25) is 23.9 Å². The molecule has 2 saturated carbocycles. The Morgan fingerprint density at radius 1 is 0.976 bits per heavy atom. The van der Waals surface area contributed by atoms with E-state index in [9.17, 15) is 32.3 Å². The summed E-state index contributed by atoms with van der Waals surface area (Å²) in [5.41, 5.74) is 4.84. The number of amides is 4. The summed E-state index contributed by atoms with van der Waals surface area (Å²) in [6.45, 7) is 4.98. The molecule has 10 nitrogen and oxygen atoms in total. The first-order valence-corrected chi connectivity index (χ1v) is 13.8. The number of benzene rings is 1. The molecule has 0 radical (unpaired) electrons. The van der Waals surface area contributed by atoms with Crippen LogP contribution in [-0.4, -0.2) is 51.7 Å². The topological polar surface area (TPSA) is 148 Å². The van der Waals surface area contributed by atoms with Crippen molar-refractivity contribution in [1.29, 1.82) is 0 Å².